The summed E-state index contributed by atoms with van der Waals surface area (Å²) in [7, 11) is 6.20. The molecule has 1 aliphatic carbocycles. The standard InChI is InChI=1S/C25H26ClNO6/c1-30-20-6-5-13(7-17(20)26)16-12-23(29)27-18-8-14(9-19(28)24(16)18)15-10-21(31-2)25(33-4)22(11-15)32-3/h5-7,10-11,14,16H,8-9,12H2,1-4H3,(H,27,29). The van der Waals surface area contributed by atoms with E-state index in [2.05, 4.69) is 5.32 Å². The highest BCUT2D eigenvalue weighted by atomic mass is 35.5. The van der Waals surface area contributed by atoms with Gasteiger partial charge in [-0.15, -0.1) is 0 Å². The summed E-state index contributed by atoms with van der Waals surface area (Å²) in [5.41, 5.74) is 3.02. The first-order valence-electron chi connectivity index (χ1n) is 10.6. The van der Waals surface area contributed by atoms with Crippen molar-refractivity contribution < 1.29 is 28.5 Å². The van der Waals surface area contributed by atoms with Gasteiger partial charge in [0.15, 0.2) is 17.3 Å². The number of methoxy groups -OCH3 is 4. The van der Waals surface area contributed by atoms with Gasteiger partial charge in [0, 0.05) is 30.0 Å². The predicted octanol–water partition coefficient (Wildman–Crippen LogP) is 4.38. The first-order chi connectivity index (χ1) is 15.9. The third-order valence-corrected chi connectivity index (χ3v) is 6.57. The zero-order valence-corrected chi connectivity index (χ0v) is 19.7. The van der Waals surface area contributed by atoms with Gasteiger partial charge in [0.2, 0.25) is 11.7 Å². The summed E-state index contributed by atoms with van der Waals surface area (Å²) in [6, 6.07) is 9.10. The second-order valence-electron chi connectivity index (χ2n) is 8.08. The Labute approximate surface area is 197 Å². The average molecular weight is 472 g/mol. The smallest absolute Gasteiger partial charge is 0.225 e. The Morgan fingerprint density at radius 1 is 0.818 bits per heavy atom. The van der Waals surface area contributed by atoms with Crippen molar-refractivity contribution >= 4 is 23.3 Å². The summed E-state index contributed by atoms with van der Waals surface area (Å²) in [5, 5.41) is 3.39. The number of hydrogen-bond donors (Lipinski definition) is 1. The number of nitrogens with one attached hydrogen (secondary N) is 1. The maximum Gasteiger partial charge on any atom is 0.225 e. The SMILES string of the molecule is COc1ccc(C2CC(=O)NC3=C2C(=O)CC(c2cc(OC)c(OC)c(OC)c2)C3)cc1Cl. The fraction of sp³-hybridized carbons (Fsp3) is 0.360. The normalized spacial score (nSPS) is 20.2. The highest BCUT2D eigenvalue weighted by Crippen LogP contribution is 2.46. The van der Waals surface area contributed by atoms with Crippen LogP contribution in [-0.2, 0) is 9.59 Å². The Balaban J connectivity index is 1.72. The molecule has 1 amide bonds. The molecule has 1 heterocycles. The highest BCUT2D eigenvalue weighted by molar-refractivity contribution is 6.32. The van der Waals surface area contributed by atoms with Crippen molar-refractivity contribution in [2.24, 2.45) is 0 Å². The molecule has 4 rings (SSSR count). The topological polar surface area (TPSA) is 83.1 Å². The van der Waals surface area contributed by atoms with Gasteiger partial charge in [-0.1, -0.05) is 17.7 Å². The Bertz CT molecular complexity index is 1120. The van der Waals surface area contributed by atoms with E-state index in [1.165, 1.54) is 0 Å². The molecule has 0 bridgehead atoms. The van der Waals surface area contributed by atoms with Crippen LogP contribution in [0, 0.1) is 0 Å². The van der Waals surface area contributed by atoms with Crippen LogP contribution in [0.5, 0.6) is 23.0 Å². The molecule has 2 aliphatic rings. The number of rotatable bonds is 6. The van der Waals surface area contributed by atoms with Gasteiger partial charge in [0.1, 0.15) is 5.75 Å². The van der Waals surface area contributed by atoms with Crippen LogP contribution in [0.3, 0.4) is 0 Å². The summed E-state index contributed by atoms with van der Waals surface area (Å²) in [5.74, 6) is 1.50. The number of amides is 1. The third kappa shape index (κ3) is 4.25. The maximum atomic E-state index is 13.4. The van der Waals surface area contributed by atoms with Crippen molar-refractivity contribution in [3.63, 3.8) is 0 Å². The molecule has 1 N–H and O–H groups in total. The van der Waals surface area contributed by atoms with Gasteiger partial charge in [0.05, 0.1) is 33.5 Å². The van der Waals surface area contributed by atoms with Crippen LogP contribution in [0.15, 0.2) is 41.6 Å². The molecule has 0 radical (unpaired) electrons. The number of hydrogen-bond acceptors (Lipinski definition) is 6. The average Bonchev–Trinajstić information content (AvgIpc) is 2.81. The molecule has 0 spiro atoms. The second kappa shape index (κ2) is 9.35. The minimum atomic E-state index is -0.342. The zero-order chi connectivity index (χ0) is 23.7. The molecule has 0 saturated carbocycles. The largest absolute Gasteiger partial charge is 0.495 e. The maximum absolute atomic E-state index is 13.4. The molecule has 174 valence electrons. The summed E-state index contributed by atoms with van der Waals surface area (Å²) >= 11 is 6.32. The first kappa shape index (κ1) is 23.0. The predicted molar refractivity (Wildman–Crippen MR) is 124 cm³/mol. The number of carbonyl (C=O) groups excluding carboxylic acids is 2. The lowest BCUT2D eigenvalue weighted by Crippen LogP contribution is -2.38. The van der Waals surface area contributed by atoms with Gasteiger partial charge >= 0.3 is 0 Å². The molecule has 1 aliphatic heterocycles. The monoisotopic (exact) mass is 471 g/mol. The summed E-state index contributed by atoms with van der Waals surface area (Å²) < 4.78 is 21.6. The van der Waals surface area contributed by atoms with E-state index in [-0.39, 0.29) is 29.9 Å². The molecule has 2 aromatic rings. The van der Waals surface area contributed by atoms with Crippen LogP contribution >= 0.6 is 11.6 Å². The molecule has 8 heteroatoms. The van der Waals surface area contributed by atoms with Crippen molar-refractivity contribution in [3.05, 3.63) is 57.8 Å². The van der Waals surface area contributed by atoms with E-state index in [4.69, 9.17) is 30.5 Å². The van der Waals surface area contributed by atoms with E-state index < -0.39 is 0 Å². The minimum Gasteiger partial charge on any atom is -0.495 e. The molecule has 0 aromatic heterocycles. The number of ether oxygens (including phenoxy) is 4. The molecule has 0 fully saturated rings. The number of allylic oxidation sites excluding steroid dienone is 2. The van der Waals surface area contributed by atoms with Crippen LogP contribution in [0.2, 0.25) is 5.02 Å². The van der Waals surface area contributed by atoms with E-state index in [9.17, 15) is 9.59 Å². The number of benzene rings is 2. The lowest BCUT2D eigenvalue weighted by Gasteiger charge is -2.34. The van der Waals surface area contributed by atoms with E-state index in [0.29, 0.717) is 52.1 Å². The van der Waals surface area contributed by atoms with Gasteiger partial charge in [-0.3, -0.25) is 9.59 Å². The molecular weight excluding hydrogens is 446 g/mol. The van der Waals surface area contributed by atoms with Gasteiger partial charge in [-0.05, 0) is 47.7 Å². The molecule has 0 saturated heterocycles. The van der Waals surface area contributed by atoms with Crippen LogP contribution in [0.4, 0.5) is 0 Å². The molecular formula is C25H26ClNO6. The molecule has 2 atom stereocenters. The van der Waals surface area contributed by atoms with Crippen molar-refractivity contribution in [1.29, 1.82) is 0 Å². The minimum absolute atomic E-state index is 0.00643. The van der Waals surface area contributed by atoms with Crippen LogP contribution in [0.1, 0.15) is 42.2 Å². The second-order valence-corrected chi connectivity index (χ2v) is 8.49. The van der Waals surface area contributed by atoms with E-state index in [1.54, 1.807) is 40.6 Å². The van der Waals surface area contributed by atoms with Crippen molar-refractivity contribution in [3.8, 4) is 23.0 Å². The number of Topliss-reactive ketones (excluding diaryl/α,β-unsaturated/α-hetero) is 1. The molecule has 2 unspecified atom stereocenters. The van der Waals surface area contributed by atoms with Gasteiger partial charge < -0.3 is 24.3 Å². The number of halogens is 1. The molecule has 7 nitrogen and oxygen atoms in total. The lowest BCUT2D eigenvalue weighted by molar-refractivity contribution is -0.122. The first-order valence-corrected chi connectivity index (χ1v) is 11.0. The summed E-state index contributed by atoms with van der Waals surface area (Å²) in [6.07, 6.45) is 1.03. The zero-order valence-electron chi connectivity index (χ0n) is 19.0. The summed E-state index contributed by atoms with van der Waals surface area (Å²) in [4.78, 5) is 26.0. The summed E-state index contributed by atoms with van der Waals surface area (Å²) in [6.45, 7) is 0. The van der Waals surface area contributed by atoms with Crippen molar-refractivity contribution in [1.82, 2.24) is 5.32 Å². The lowest BCUT2D eigenvalue weighted by atomic mass is 9.73. The highest BCUT2D eigenvalue weighted by Gasteiger charge is 2.38. The quantitative estimate of drug-likeness (QED) is 0.673. The molecule has 33 heavy (non-hydrogen) atoms. The fourth-order valence-electron chi connectivity index (χ4n) is 4.72. The van der Waals surface area contributed by atoms with Gasteiger partial charge in [-0.2, -0.15) is 0 Å². The number of ketones is 1. The van der Waals surface area contributed by atoms with Gasteiger partial charge in [0.25, 0.3) is 0 Å². The Hall–Kier alpha value is -3.19. The Morgan fingerprint density at radius 3 is 2.06 bits per heavy atom. The third-order valence-electron chi connectivity index (χ3n) is 6.27. The van der Waals surface area contributed by atoms with Gasteiger partial charge in [-0.25, -0.2) is 0 Å². The number of carbonyl (C=O) groups is 2. The van der Waals surface area contributed by atoms with Crippen LogP contribution in [0.25, 0.3) is 0 Å². The van der Waals surface area contributed by atoms with E-state index in [1.807, 2.05) is 18.2 Å². The fourth-order valence-corrected chi connectivity index (χ4v) is 4.98. The van der Waals surface area contributed by atoms with Crippen LogP contribution < -0.4 is 24.3 Å². The Morgan fingerprint density at radius 2 is 1.48 bits per heavy atom. The van der Waals surface area contributed by atoms with E-state index >= 15 is 0 Å². The van der Waals surface area contributed by atoms with Crippen molar-refractivity contribution in [2.45, 2.75) is 31.1 Å². The Kier molecular flexibility index (Phi) is 6.51. The van der Waals surface area contributed by atoms with Crippen LogP contribution in [-0.4, -0.2) is 40.1 Å². The molecule has 2 aromatic carbocycles. The van der Waals surface area contributed by atoms with E-state index in [0.717, 1.165) is 11.1 Å². The van der Waals surface area contributed by atoms with Crippen molar-refractivity contribution in [2.75, 3.05) is 28.4 Å².